The predicted molar refractivity (Wildman–Crippen MR) is 72.4 cm³/mol. The van der Waals surface area contributed by atoms with Gasteiger partial charge in [-0.3, -0.25) is 0 Å². The lowest BCUT2D eigenvalue weighted by Gasteiger charge is -2.09. The first kappa shape index (κ1) is 13.1. The van der Waals surface area contributed by atoms with Crippen LogP contribution in [0.4, 0.5) is 0 Å². The Morgan fingerprint density at radius 3 is 2.63 bits per heavy atom. The summed E-state index contributed by atoms with van der Waals surface area (Å²) in [6, 6.07) is 4.88. The van der Waals surface area contributed by atoms with E-state index in [2.05, 4.69) is 6.58 Å². The van der Waals surface area contributed by atoms with Crippen molar-refractivity contribution in [2.24, 2.45) is 0 Å². The average Bonchev–Trinajstić information content (AvgIpc) is 2.33. The topological polar surface area (TPSA) is 56.5 Å². The van der Waals surface area contributed by atoms with E-state index in [0.717, 1.165) is 10.9 Å². The molecule has 4 nitrogen and oxygen atoms in total. The van der Waals surface area contributed by atoms with Crippen LogP contribution in [-0.2, 0) is 4.79 Å². The van der Waals surface area contributed by atoms with E-state index < -0.39 is 11.6 Å². The number of ether oxygens (including phenoxy) is 1. The van der Waals surface area contributed by atoms with E-state index in [4.69, 9.17) is 9.15 Å². The van der Waals surface area contributed by atoms with Crippen LogP contribution in [0.2, 0.25) is 0 Å². The molecule has 0 unspecified atom stereocenters. The van der Waals surface area contributed by atoms with Crippen molar-refractivity contribution < 1.29 is 13.9 Å². The van der Waals surface area contributed by atoms with Gasteiger partial charge in [-0.1, -0.05) is 6.58 Å². The predicted octanol–water partition coefficient (Wildman–Crippen LogP) is 2.89. The molecule has 0 atom stereocenters. The molecular weight excluding hydrogens is 244 g/mol. The lowest BCUT2D eigenvalue weighted by molar-refractivity contribution is -0.130. The largest absolute Gasteiger partial charge is 0.423 e. The Morgan fingerprint density at radius 1 is 1.32 bits per heavy atom. The van der Waals surface area contributed by atoms with Gasteiger partial charge in [0.15, 0.2) is 0 Å². The number of carbonyl (C=O) groups is 1. The quantitative estimate of drug-likeness (QED) is 0.360. The normalized spacial score (nSPS) is 10.5. The van der Waals surface area contributed by atoms with Crippen LogP contribution < -0.4 is 10.4 Å². The van der Waals surface area contributed by atoms with Crippen molar-refractivity contribution in [3.8, 4) is 5.75 Å². The molecule has 2 aromatic rings. The monoisotopic (exact) mass is 258 g/mol. The maximum absolute atomic E-state index is 11.5. The van der Waals surface area contributed by atoms with E-state index in [1.54, 1.807) is 26.0 Å². The Bertz CT molecular complexity index is 738. The Morgan fingerprint density at radius 2 is 2.00 bits per heavy atom. The van der Waals surface area contributed by atoms with Crippen molar-refractivity contribution in [3.63, 3.8) is 0 Å². The third-order valence-corrected chi connectivity index (χ3v) is 2.87. The highest BCUT2D eigenvalue weighted by atomic mass is 16.5. The smallest absolute Gasteiger partial charge is 0.338 e. The second kappa shape index (κ2) is 4.72. The van der Waals surface area contributed by atoms with E-state index in [9.17, 15) is 9.59 Å². The summed E-state index contributed by atoms with van der Waals surface area (Å²) >= 11 is 0. The van der Waals surface area contributed by atoms with Crippen LogP contribution in [0.3, 0.4) is 0 Å². The first-order valence-electron chi connectivity index (χ1n) is 5.82. The summed E-state index contributed by atoms with van der Waals surface area (Å²) in [7, 11) is 0. The molecule has 1 aromatic carbocycles. The van der Waals surface area contributed by atoms with Crippen LogP contribution in [0, 0.1) is 13.8 Å². The summed E-state index contributed by atoms with van der Waals surface area (Å²) in [6.45, 7) is 8.67. The van der Waals surface area contributed by atoms with E-state index in [1.165, 1.54) is 6.07 Å². The Hall–Kier alpha value is -2.36. The van der Waals surface area contributed by atoms with Gasteiger partial charge in [-0.05, 0) is 38.5 Å². The number of hydrogen-bond acceptors (Lipinski definition) is 4. The van der Waals surface area contributed by atoms with E-state index >= 15 is 0 Å². The zero-order valence-electron chi connectivity index (χ0n) is 11.1. The highest BCUT2D eigenvalue weighted by Crippen LogP contribution is 2.28. The van der Waals surface area contributed by atoms with Crippen LogP contribution in [0.15, 0.2) is 39.6 Å². The Balaban J connectivity index is 2.61. The molecule has 0 N–H and O–H groups in total. The van der Waals surface area contributed by atoms with Crippen molar-refractivity contribution >= 4 is 16.9 Å². The minimum absolute atomic E-state index is 0.310. The molecule has 0 aliphatic carbocycles. The SMILES string of the molecule is C=C(C)C(=O)Oc1ccc2c(C)cc(=O)oc2c1C. The molecule has 0 aliphatic heterocycles. The molecule has 0 fully saturated rings. The summed E-state index contributed by atoms with van der Waals surface area (Å²) in [5.74, 6) is -0.133. The summed E-state index contributed by atoms with van der Waals surface area (Å²) in [6.07, 6.45) is 0. The molecule has 19 heavy (non-hydrogen) atoms. The molecule has 0 spiro atoms. The molecular formula is C15H14O4. The van der Waals surface area contributed by atoms with Crippen molar-refractivity contribution in [1.29, 1.82) is 0 Å². The van der Waals surface area contributed by atoms with Crippen molar-refractivity contribution in [2.45, 2.75) is 20.8 Å². The number of fused-ring (bicyclic) bond motifs is 1. The molecule has 0 saturated heterocycles. The maximum Gasteiger partial charge on any atom is 0.338 e. The molecule has 2 rings (SSSR count). The molecule has 0 amide bonds. The number of carbonyl (C=O) groups excluding carboxylic acids is 1. The molecule has 0 radical (unpaired) electrons. The van der Waals surface area contributed by atoms with Crippen LogP contribution in [-0.4, -0.2) is 5.97 Å². The van der Waals surface area contributed by atoms with Crippen LogP contribution in [0.5, 0.6) is 5.75 Å². The van der Waals surface area contributed by atoms with Crippen molar-refractivity contribution in [2.75, 3.05) is 0 Å². The van der Waals surface area contributed by atoms with Gasteiger partial charge in [0, 0.05) is 22.6 Å². The highest BCUT2D eigenvalue weighted by Gasteiger charge is 2.13. The first-order valence-corrected chi connectivity index (χ1v) is 5.82. The van der Waals surface area contributed by atoms with Gasteiger partial charge < -0.3 is 9.15 Å². The van der Waals surface area contributed by atoms with E-state index in [1.807, 2.05) is 6.92 Å². The fourth-order valence-corrected chi connectivity index (χ4v) is 1.80. The molecule has 0 aliphatic rings. The third-order valence-electron chi connectivity index (χ3n) is 2.87. The minimum Gasteiger partial charge on any atom is -0.423 e. The van der Waals surface area contributed by atoms with Crippen molar-refractivity contribution in [3.05, 3.63) is 51.9 Å². The summed E-state index contributed by atoms with van der Waals surface area (Å²) in [5.41, 5.74) is 1.78. The molecule has 4 heteroatoms. The molecule has 98 valence electrons. The fourth-order valence-electron chi connectivity index (χ4n) is 1.80. The molecule has 1 heterocycles. The maximum atomic E-state index is 11.5. The lowest BCUT2D eigenvalue weighted by Crippen LogP contribution is -2.09. The van der Waals surface area contributed by atoms with Crippen molar-refractivity contribution in [1.82, 2.24) is 0 Å². The summed E-state index contributed by atoms with van der Waals surface area (Å²) in [4.78, 5) is 22.9. The van der Waals surface area contributed by atoms with Gasteiger partial charge in [0.25, 0.3) is 0 Å². The lowest BCUT2D eigenvalue weighted by atomic mass is 10.1. The van der Waals surface area contributed by atoms with E-state index in [-0.39, 0.29) is 0 Å². The van der Waals surface area contributed by atoms with Gasteiger partial charge >= 0.3 is 11.6 Å². The van der Waals surface area contributed by atoms with Gasteiger partial charge in [0.1, 0.15) is 11.3 Å². The minimum atomic E-state index is -0.502. The zero-order valence-corrected chi connectivity index (χ0v) is 11.1. The average molecular weight is 258 g/mol. The second-order valence-electron chi connectivity index (χ2n) is 4.48. The Kier molecular flexibility index (Phi) is 3.25. The van der Waals surface area contributed by atoms with Gasteiger partial charge in [-0.15, -0.1) is 0 Å². The second-order valence-corrected chi connectivity index (χ2v) is 4.48. The highest BCUT2D eigenvalue weighted by molar-refractivity contribution is 5.91. The zero-order chi connectivity index (χ0) is 14.2. The number of esters is 1. The number of aryl methyl sites for hydroxylation is 2. The number of rotatable bonds is 2. The third kappa shape index (κ3) is 2.42. The fraction of sp³-hybridized carbons (Fsp3) is 0.200. The van der Waals surface area contributed by atoms with Crippen LogP contribution in [0.1, 0.15) is 18.1 Å². The number of hydrogen-bond donors (Lipinski definition) is 0. The van der Waals surface area contributed by atoms with Gasteiger partial charge in [0.2, 0.25) is 0 Å². The van der Waals surface area contributed by atoms with Gasteiger partial charge in [-0.2, -0.15) is 0 Å². The van der Waals surface area contributed by atoms with E-state index in [0.29, 0.717) is 22.5 Å². The summed E-state index contributed by atoms with van der Waals surface area (Å²) < 4.78 is 10.4. The Labute approximate surface area is 110 Å². The first-order chi connectivity index (χ1) is 8.90. The van der Waals surface area contributed by atoms with Crippen LogP contribution in [0.25, 0.3) is 11.0 Å². The summed E-state index contributed by atoms with van der Waals surface area (Å²) in [5, 5.41) is 0.826. The molecule has 1 aromatic heterocycles. The standard InChI is InChI=1S/C15H14O4/c1-8(2)15(17)18-12-6-5-11-9(3)7-13(16)19-14(11)10(12)4/h5-7H,1H2,2-4H3. The van der Waals surface area contributed by atoms with Crippen LogP contribution >= 0.6 is 0 Å². The molecule has 0 saturated carbocycles. The molecule has 0 bridgehead atoms. The van der Waals surface area contributed by atoms with Gasteiger partial charge in [0.05, 0.1) is 0 Å². The van der Waals surface area contributed by atoms with Gasteiger partial charge in [-0.25, -0.2) is 9.59 Å². The number of benzene rings is 1.